The van der Waals surface area contributed by atoms with E-state index in [9.17, 15) is 15.0 Å². The standard InChI is InChI=1S/C19H24O4/c1-11(2)16(15-9-18(4)10-19(18,22)12(15)3)23-17(21)13-5-7-14(20)8-6-13/h5-8,11,16,20,22H,9-10H2,1-4H3. The first-order valence-corrected chi connectivity index (χ1v) is 8.10. The van der Waals surface area contributed by atoms with Crippen molar-refractivity contribution in [3.05, 3.63) is 41.0 Å². The summed E-state index contributed by atoms with van der Waals surface area (Å²) in [5.41, 5.74) is 1.64. The molecule has 0 saturated heterocycles. The van der Waals surface area contributed by atoms with Gasteiger partial charge in [0.05, 0.1) is 11.2 Å². The fourth-order valence-electron chi connectivity index (χ4n) is 3.84. The van der Waals surface area contributed by atoms with E-state index >= 15 is 0 Å². The van der Waals surface area contributed by atoms with E-state index in [0.717, 1.165) is 24.0 Å². The van der Waals surface area contributed by atoms with E-state index in [1.54, 1.807) is 12.1 Å². The van der Waals surface area contributed by atoms with E-state index in [2.05, 4.69) is 6.92 Å². The fraction of sp³-hybridized carbons (Fsp3) is 0.526. The molecule has 2 N–H and O–H groups in total. The van der Waals surface area contributed by atoms with Crippen molar-refractivity contribution < 1.29 is 19.7 Å². The highest BCUT2D eigenvalue weighted by Gasteiger charge is 2.69. The van der Waals surface area contributed by atoms with Gasteiger partial charge in [0.15, 0.2) is 0 Å². The number of fused-ring (bicyclic) bond motifs is 1. The lowest BCUT2D eigenvalue weighted by molar-refractivity contribution is 0.0269. The molecular formula is C19H24O4. The second kappa shape index (κ2) is 5.10. The minimum atomic E-state index is -0.708. The van der Waals surface area contributed by atoms with Crippen LogP contribution in [0.5, 0.6) is 5.75 Å². The van der Waals surface area contributed by atoms with E-state index in [-0.39, 0.29) is 23.2 Å². The molecule has 2 aliphatic rings. The average molecular weight is 316 g/mol. The molecule has 0 aliphatic heterocycles. The average Bonchev–Trinajstić information content (AvgIpc) is 2.98. The van der Waals surface area contributed by atoms with Gasteiger partial charge in [-0.2, -0.15) is 0 Å². The third kappa shape index (κ3) is 2.45. The number of hydrogen-bond donors (Lipinski definition) is 2. The minimum Gasteiger partial charge on any atom is -0.508 e. The molecule has 3 unspecified atom stereocenters. The monoisotopic (exact) mass is 316 g/mol. The molecule has 0 heterocycles. The summed E-state index contributed by atoms with van der Waals surface area (Å²) >= 11 is 0. The molecule has 124 valence electrons. The van der Waals surface area contributed by atoms with Gasteiger partial charge in [-0.3, -0.25) is 0 Å². The highest BCUT2D eigenvalue weighted by molar-refractivity contribution is 5.89. The first-order chi connectivity index (χ1) is 10.7. The Bertz CT molecular complexity index is 673. The van der Waals surface area contributed by atoms with Gasteiger partial charge in [-0.25, -0.2) is 4.79 Å². The number of carbonyl (C=O) groups excluding carboxylic acids is 1. The minimum absolute atomic E-state index is 0.0928. The fourth-order valence-corrected chi connectivity index (χ4v) is 3.84. The van der Waals surface area contributed by atoms with Crippen molar-refractivity contribution in [3.8, 4) is 5.75 Å². The number of aromatic hydroxyl groups is 1. The number of carbonyl (C=O) groups is 1. The van der Waals surface area contributed by atoms with Crippen LogP contribution in [0.4, 0.5) is 0 Å². The van der Waals surface area contributed by atoms with E-state index in [4.69, 9.17) is 4.74 Å². The summed E-state index contributed by atoms with van der Waals surface area (Å²) in [6.45, 7) is 8.08. The Balaban J connectivity index is 1.82. The van der Waals surface area contributed by atoms with Crippen molar-refractivity contribution in [2.45, 2.75) is 52.2 Å². The summed E-state index contributed by atoms with van der Waals surface area (Å²) in [5, 5.41) is 20.0. The number of rotatable bonds is 4. The third-order valence-corrected chi connectivity index (χ3v) is 5.49. The summed E-state index contributed by atoms with van der Waals surface area (Å²) in [4.78, 5) is 12.4. The number of aliphatic hydroxyl groups is 1. The largest absolute Gasteiger partial charge is 0.508 e. The lowest BCUT2D eigenvalue weighted by Gasteiger charge is -2.25. The van der Waals surface area contributed by atoms with Gasteiger partial charge in [-0.05, 0) is 61.1 Å². The predicted molar refractivity (Wildman–Crippen MR) is 87.1 cm³/mol. The molecule has 0 spiro atoms. The van der Waals surface area contributed by atoms with Gasteiger partial charge in [0.1, 0.15) is 11.9 Å². The Labute approximate surface area is 136 Å². The molecule has 23 heavy (non-hydrogen) atoms. The van der Waals surface area contributed by atoms with E-state index in [1.807, 2.05) is 20.8 Å². The van der Waals surface area contributed by atoms with Gasteiger partial charge < -0.3 is 14.9 Å². The topological polar surface area (TPSA) is 66.8 Å². The normalized spacial score (nSPS) is 30.3. The molecule has 0 aromatic heterocycles. The van der Waals surface area contributed by atoms with Crippen LogP contribution in [-0.2, 0) is 4.74 Å². The van der Waals surface area contributed by atoms with Crippen molar-refractivity contribution in [1.29, 1.82) is 0 Å². The zero-order valence-corrected chi connectivity index (χ0v) is 14.1. The molecule has 1 fully saturated rings. The summed E-state index contributed by atoms with van der Waals surface area (Å²) in [6.07, 6.45) is 1.25. The zero-order valence-electron chi connectivity index (χ0n) is 14.1. The molecule has 1 saturated carbocycles. The molecule has 0 radical (unpaired) electrons. The summed E-state index contributed by atoms with van der Waals surface area (Å²) < 4.78 is 5.76. The lowest BCUT2D eigenvalue weighted by atomic mass is 9.91. The molecule has 4 nitrogen and oxygen atoms in total. The first kappa shape index (κ1) is 16.1. The molecule has 1 aromatic rings. The molecule has 3 rings (SSSR count). The molecule has 4 heteroatoms. The van der Waals surface area contributed by atoms with Gasteiger partial charge in [-0.15, -0.1) is 0 Å². The second-order valence-electron chi connectivity index (χ2n) is 7.54. The molecule has 0 bridgehead atoms. The second-order valence-corrected chi connectivity index (χ2v) is 7.54. The van der Waals surface area contributed by atoms with Crippen LogP contribution in [0.3, 0.4) is 0 Å². The third-order valence-electron chi connectivity index (χ3n) is 5.49. The van der Waals surface area contributed by atoms with Gasteiger partial charge in [0, 0.05) is 5.41 Å². The van der Waals surface area contributed by atoms with Crippen LogP contribution in [0.25, 0.3) is 0 Å². The van der Waals surface area contributed by atoms with Crippen molar-refractivity contribution in [3.63, 3.8) is 0 Å². The van der Waals surface area contributed by atoms with Crippen LogP contribution < -0.4 is 0 Å². The Hall–Kier alpha value is -1.81. The van der Waals surface area contributed by atoms with Crippen molar-refractivity contribution in [1.82, 2.24) is 0 Å². The van der Waals surface area contributed by atoms with E-state index in [1.165, 1.54) is 12.1 Å². The number of phenolic OH excluding ortho intramolecular Hbond substituents is 1. The summed E-state index contributed by atoms with van der Waals surface area (Å²) in [5.74, 6) is -0.154. The Morgan fingerprint density at radius 3 is 2.35 bits per heavy atom. The van der Waals surface area contributed by atoms with Gasteiger partial charge in [0.2, 0.25) is 0 Å². The quantitative estimate of drug-likeness (QED) is 0.659. The van der Waals surface area contributed by atoms with Crippen LogP contribution in [0.15, 0.2) is 35.4 Å². The number of benzene rings is 1. The van der Waals surface area contributed by atoms with Crippen molar-refractivity contribution >= 4 is 5.97 Å². The maximum Gasteiger partial charge on any atom is 0.338 e. The van der Waals surface area contributed by atoms with Crippen LogP contribution in [-0.4, -0.2) is 27.9 Å². The maximum atomic E-state index is 12.4. The first-order valence-electron chi connectivity index (χ1n) is 8.10. The molecule has 2 aliphatic carbocycles. The SMILES string of the molecule is CC1=C(C(OC(=O)c2ccc(O)cc2)C(C)C)CC2(C)CC12O. The molecule has 0 amide bonds. The molecule has 3 atom stereocenters. The van der Waals surface area contributed by atoms with Crippen molar-refractivity contribution in [2.75, 3.05) is 0 Å². The molecule has 1 aromatic carbocycles. The van der Waals surface area contributed by atoms with Gasteiger partial charge in [0.25, 0.3) is 0 Å². The van der Waals surface area contributed by atoms with Crippen LogP contribution in [0.1, 0.15) is 50.9 Å². The van der Waals surface area contributed by atoms with Crippen molar-refractivity contribution in [2.24, 2.45) is 11.3 Å². The maximum absolute atomic E-state index is 12.4. The van der Waals surface area contributed by atoms with Gasteiger partial charge >= 0.3 is 5.97 Å². The zero-order chi connectivity index (χ0) is 17.0. The van der Waals surface area contributed by atoms with Crippen LogP contribution >= 0.6 is 0 Å². The van der Waals surface area contributed by atoms with Gasteiger partial charge in [-0.1, -0.05) is 20.8 Å². The van der Waals surface area contributed by atoms with E-state index in [0.29, 0.717) is 5.56 Å². The Morgan fingerprint density at radius 1 is 1.26 bits per heavy atom. The highest BCUT2D eigenvalue weighted by Crippen LogP contribution is 2.69. The number of ether oxygens (including phenoxy) is 1. The smallest absolute Gasteiger partial charge is 0.338 e. The van der Waals surface area contributed by atoms with Crippen LogP contribution in [0.2, 0.25) is 0 Å². The van der Waals surface area contributed by atoms with E-state index < -0.39 is 11.6 Å². The Kier molecular flexibility index (Phi) is 3.56. The number of esters is 1. The van der Waals surface area contributed by atoms with Crippen LogP contribution in [0, 0.1) is 11.3 Å². The summed E-state index contributed by atoms with van der Waals surface area (Å²) in [7, 11) is 0. The lowest BCUT2D eigenvalue weighted by Crippen LogP contribution is -2.27. The predicted octanol–water partition coefficient (Wildman–Crippen LogP) is 3.43. The highest BCUT2D eigenvalue weighted by atomic mass is 16.5. The number of phenols is 1. The summed E-state index contributed by atoms with van der Waals surface area (Å²) in [6, 6.07) is 6.05. The number of hydrogen-bond acceptors (Lipinski definition) is 4. The molecular weight excluding hydrogens is 292 g/mol. The Morgan fingerprint density at radius 2 is 1.87 bits per heavy atom.